The van der Waals surface area contributed by atoms with E-state index in [1.165, 1.54) is 122 Å². The van der Waals surface area contributed by atoms with Gasteiger partial charge in [-0.3, -0.25) is 4.79 Å². The summed E-state index contributed by atoms with van der Waals surface area (Å²) < 4.78 is 0. The minimum atomic E-state index is -0.652. The van der Waals surface area contributed by atoms with Crippen molar-refractivity contribution in [1.29, 1.82) is 0 Å². The number of unbranched alkanes of at least 4 members (excludes halogenated alkanes) is 17. The molecule has 0 aliphatic rings. The van der Waals surface area contributed by atoms with Gasteiger partial charge in [-0.05, 0) is 12.3 Å². The fourth-order valence-corrected chi connectivity index (χ4v) is 4.13. The normalized spacial score (nSPS) is 12.4. The average Bonchev–Trinajstić information content (AvgIpc) is 2.67. The van der Waals surface area contributed by atoms with E-state index >= 15 is 0 Å². The van der Waals surface area contributed by atoms with Crippen molar-refractivity contribution < 1.29 is 9.90 Å². The molecule has 0 rings (SSSR count). The van der Waals surface area contributed by atoms with E-state index in [2.05, 4.69) is 13.8 Å². The van der Waals surface area contributed by atoms with Gasteiger partial charge in [-0.1, -0.05) is 142 Å². The van der Waals surface area contributed by atoms with Gasteiger partial charge >= 0.3 is 5.97 Å². The summed E-state index contributed by atoms with van der Waals surface area (Å²) in [6.07, 6.45) is 29.1. The second-order valence-electron chi connectivity index (χ2n) is 9.19. The van der Waals surface area contributed by atoms with E-state index in [0.29, 0.717) is 6.42 Å². The first-order valence-electron chi connectivity index (χ1n) is 12.9. The number of carbonyl (C=O) groups is 1. The lowest BCUT2D eigenvalue weighted by atomic mass is 9.96. The zero-order chi connectivity index (χ0) is 20.7. The highest BCUT2D eigenvalue weighted by Crippen LogP contribution is 2.18. The third kappa shape index (κ3) is 23.5. The fourth-order valence-electron chi connectivity index (χ4n) is 4.13. The Bertz CT molecular complexity index is 314. The summed E-state index contributed by atoms with van der Waals surface area (Å²) in [4.78, 5) is 10.5. The largest absolute Gasteiger partial charge is 0.481 e. The van der Waals surface area contributed by atoms with Crippen molar-refractivity contribution >= 4 is 5.97 Å². The summed E-state index contributed by atoms with van der Waals surface area (Å²) in [6.45, 7) is 4.62. The molecule has 0 aliphatic carbocycles. The molecule has 0 aliphatic heterocycles. The van der Waals surface area contributed by atoms with Crippen molar-refractivity contribution in [3.05, 3.63) is 0 Å². The molecular weight excluding hydrogens is 344 g/mol. The highest BCUT2D eigenvalue weighted by Gasteiger charge is 2.03. The predicted octanol–water partition coefficient (Wildman–Crippen LogP) is 9.31. The van der Waals surface area contributed by atoms with Gasteiger partial charge in [-0.25, -0.2) is 0 Å². The summed E-state index contributed by atoms with van der Waals surface area (Å²) >= 11 is 0. The summed E-state index contributed by atoms with van der Waals surface area (Å²) in [6, 6.07) is 0. The Balaban J connectivity index is 3.10. The quantitative estimate of drug-likeness (QED) is 0.175. The van der Waals surface area contributed by atoms with Crippen LogP contribution < -0.4 is 0 Å². The molecule has 1 atom stereocenters. The number of hydrogen-bond acceptors (Lipinski definition) is 1. The second-order valence-corrected chi connectivity index (χ2v) is 9.19. The Labute approximate surface area is 177 Å². The van der Waals surface area contributed by atoms with Gasteiger partial charge in [-0.15, -0.1) is 0 Å². The van der Waals surface area contributed by atoms with Crippen molar-refractivity contribution in [2.24, 2.45) is 5.92 Å². The van der Waals surface area contributed by atoms with E-state index in [-0.39, 0.29) is 0 Å². The highest BCUT2D eigenvalue weighted by molar-refractivity contribution is 5.66. The monoisotopic (exact) mass is 396 g/mol. The number of hydrogen-bond donors (Lipinski definition) is 1. The molecule has 0 spiro atoms. The van der Waals surface area contributed by atoms with Crippen molar-refractivity contribution in [3.8, 4) is 0 Å². The lowest BCUT2D eigenvalue weighted by Gasteiger charge is -2.10. The maximum atomic E-state index is 10.5. The molecule has 0 aromatic rings. The first kappa shape index (κ1) is 27.5. The van der Waals surface area contributed by atoms with Crippen LogP contribution in [0.2, 0.25) is 0 Å². The van der Waals surface area contributed by atoms with Crippen LogP contribution in [0.15, 0.2) is 0 Å². The number of carboxylic acids is 1. The Kier molecular flexibility index (Phi) is 22.3. The molecule has 0 bridgehead atoms. The van der Waals surface area contributed by atoms with E-state index in [1.54, 1.807) is 0 Å². The molecule has 1 N–H and O–H groups in total. The molecule has 2 nitrogen and oxygen atoms in total. The topological polar surface area (TPSA) is 37.3 Å². The third-order valence-electron chi connectivity index (χ3n) is 6.14. The van der Waals surface area contributed by atoms with Gasteiger partial charge in [0.05, 0.1) is 0 Å². The van der Waals surface area contributed by atoms with Gasteiger partial charge < -0.3 is 5.11 Å². The van der Waals surface area contributed by atoms with E-state index in [0.717, 1.165) is 18.8 Å². The summed E-state index contributed by atoms with van der Waals surface area (Å²) in [5.41, 5.74) is 0. The lowest BCUT2D eigenvalue weighted by molar-refractivity contribution is -0.137. The summed E-state index contributed by atoms with van der Waals surface area (Å²) in [7, 11) is 0. The number of aliphatic carboxylic acids is 1. The van der Waals surface area contributed by atoms with Crippen LogP contribution in [-0.4, -0.2) is 11.1 Å². The third-order valence-corrected chi connectivity index (χ3v) is 6.14. The van der Waals surface area contributed by atoms with Crippen LogP contribution in [0.1, 0.15) is 155 Å². The molecule has 0 fully saturated rings. The minimum Gasteiger partial charge on any atom is -0.481 e. The molecule has 0 amide bonds. The SMILES string of the molecule is CCCCCCCCCCCCCCCCCCC[C@H](C)CCCCC(=O)O. The number of rotatable bonds is 23. The molecular formula is C26H52O2. The van der Waals surface area contributed by atoms with Crippen LogP contribution in [0.5, 0.6) is 0 Å². The van der Waals surface area contributed by atoms with Gasteiger partial charge in [0.1, 0.15) is 0 Å². The highest BCUT2D eigenvalue weighted by atomic mass is 16.4. The Morgan fingerprint density at radius 2 is 0.893 bits per heavy atom. The van der Waals surface area contributed by atoms with Crippen LogP contribution in [0, 0.1) is 5.92 Å². The van der Waals surface area contributed by atoms with Crippen molar-refractivity contribution in [2.45, 2.75) is 155 Å². The maximum Gasteiger partial charge on any atom is 0.303 e. The van der Waals surface area contributed by atoms with Gasteiger partial charge in [0.2, 0.25) is 0 Å². The van der Waals surface area contributed by atoms with Gasteiger partial charge in [0, 0.05) is 6.42 Å². The molecule has 0 aromatic heterocycles. The van der Waals surface area contributed by atoms with Gasteiger partial charge in [0.25, 0.3) is 0 Å². The van der Waals surface area contributed by atoms with E-state index in [4.69, 9.17) is 5.11 Å². The minimum absolute atomic E-state index is 0.339. The second kappa shape index (κ2) is 22.8. The molecule has 168 valence electrons. The maximum absolute atomic E-state index is 10.5. The first-order valence-corrected chi connectivity index (χ1v) is 12.9. The first-order chi connectivity index (χ1) is 13.7. The van der Waals surface area contributed by atoms with Crippen LogP contribution in [0.25, 0.3) is 0 Å². The molecule has 28 heavy (non-hydrogen) atoms. The van der Waals surface area contributed by atoms with E-state index in [1.807, 2.05) is 0 Å². The number of carboxylic acid groups (broad SMARTS) is 1. The predicted molar refractivity (Wildman–Crippen MR) is 124 cm³/mol. The summed E-state index contributed by atoms with van der Waals surface area (Å²) in [5.74, 6) is 0.117. The average molecular weight is 397 g/mol. The van der Waals surface area contributed by atoms with Crippen molar-refractivity contribution in [3.63, 3.8) is 0 Å². The van der Waals surface area contributed by atoms with E-state index in [9.17, 15) is 4.79 Å². The molecule has 0 saturated heterocycles. The van der Waals surface area contributed by atoms with Crippen LogP contribution in [-0.2, 0) is 4.79 Å². The van der Waals surface area contributed by atoms with Crippen LogP contribution in [0.4, 0.5) is 0 Å². The van der Waals surface area contributed by atoms with Crippen molar-refractivity contribution in [1.82, 2.24) is 0 Å². The zero-order valence-electron chi connectivity index (χ0n) is 19.5. The Morgan fingerprint density at radius 1 is 0.571 bits per heavy atom. The molecule has 0 unspecified atom stereocenters. The van der Waals surface area contributed by atoms with Crippen LogP contribution in [0.3, 0.4) is 0 Å². The van der Waals surface area contributed by atoms with Crippen molar-refractivity contribution in [2.75, 3.05) is 0 Å². The summed E-state index contributed by atoms with van der Waals surface area (Å²) in [5, 5.41) is 8.64. The molecule has 2 heteroatoms. The van der Waals surface area contributed by atoms with E-state index < -0.39 is 5.97 Å². The zero-order valence-corrected chi connectivity index (χ0v) is 19.5. The molecule has 0 aromatic carbocycles. The fraction of sp³-hybridized carbons (Fsp3) is 0.962. The standard InChI is InChI=1S/C26H52O2/c1-3-4-5-6-7-8-9-10-11-12-13-14-15-16-17-18-19-22-25(2)23-20-21-24-26(27)28/h25H,3-24H2,1-2H3,(H,27,28)/t25-/m0/s1. The molecule has 0 saturated carbocycles. The lowest BCUT2D eigenvalue weighted by Crippen LogP contribution is -1.98. The van der Waals surface area contributed by atoms with Crippen LogP contribution >= 0.6 is 0 Å². The Morgan fingerprint density at radius 3 is 1.25 bits per heavy atom. The smallest absolute Gasteiger partial charge is 0.303 e. The molecule has 0 radical (unpaired) electrons. The Hall–Kier alpha value is -0.530. The van der Waals surface area contributed by atoms with Gasteiger partial charge in [-0.2, -0.15) is 0 Å². The van der Waals surface area contributed by atoms with Gasteiger partial charge in [0.15, 0.2) is 0 Å². The molecule has 0 heterocycles.